The van der Waals surface area contributed by atoms with E-state index in [-0.39, 0.29) is 0 Å². The maximum atomic E-state index is 9.36. The summed E-state index contributed by atoms with van der Waals surface area (Å²) in [4.78, 5) is 0. The third kappa shape index (κ3) is 1.81. The molecule has 3 heteroatoms. The van der Waals surface area contributed by atoms with Gasteiger partial charge in [0.2, 0.25) is 0 Å². The van der Waals surface area contributed by atoms with Crippen LogP contribution in [0.25, 0.3) is 0 Å². The predicted octanol–water partition coefficient (Wildman–Crippen LogP) is 1.14. The highest BCUT2D eigenvalue weighted by molar-refractivity contribution is 6.79. The fraction of sp³-hybridized carbons (Fsp3) is 0.833. The van der Waals surface area contributed by atoms with E-state index in [0.717, 1.165) is 0 Å². The molecule has 0 aliphatic heterocycles. The minimum absolute atomic E-state index is 1.08. The van der Waals surface area contributed by atoms with Crippen molar-refractivity contribution in [3.8, 4) is 6.07 Å². The highest BCUT2D eigenvalue weighted by Crippen LogP contribution is 2.18. The standard InChI is InChI=1S/C6H13NOSi/c1-6(8,5-7)9(2,3)4/h8H,1-4H3. The van der Waals surface area contributed by atoms with Gasteiger partial charge in [0.15, 0.2) is 0 Å². The van der Waals surface area contributed by atoms with E-state index in [4.69, 9.17) is 5.26 Å². The van der Waals surface area contributed by atoms with Crippen molar-refractivity contribution in [2.45, 2.75) is 31.8 Å². The Morgan fingerprint density at radius 3 is 1.78 bits per heavy atom. The maximum absolute atomic E-state index is 9.36. The Balaban J connectivity index is 4.39. The van der Waals surface area contributed by atoms with Crippen LogP contribution in [0.4, 0.5) is 0 Å². The molecule has 1 N–H and O–H groups in total. The molecule has 0 rings (SSSR count). The molecule has 0 aliphatic rings. The van der Waals surface area contributed by atoms with Gasteiger partial charge in [0.25, 0.3) is 0 Å². The lowest BCUT2D eigenvalue weighted by Crippen LogP contribution is -2.48. The first-order valence-corrected chi connectivity index (χ1v) is 6.45. The van der Waals surface area contributed by atoms with Crippen molar-refractivity contribution in [3.05, 3.63) is 0 Å². The van der Waals surface area contributed by atoms with Gasteiger partial charge >= 0.3 is 0 Å². The molecule has 0 saturated heterocycles. The molecule has 0 saturated carbocycles. The Bertz CT molecular complexity index is 140. The Morgan fingerprint density at radius 2 is 1.78 bits per heavy atom. The lowest BCUT2D eigenvalue weighted by Gasteiger charge is -2.27. The summed E-state index contributed by atoms with van der Waals surface area (Å²) in [5, 5.41) is 16.7. The average molecular weight is 143 g/mol. The summed E-state index contributed by atoms with van der Waals surface area (Å²) in [5.41, 5.74) is 0. The Hall–Kier alpha value is -0.333. The first kappa shape index (κ1) is 8.67. The number of nitriles is 1. The monoisotopic (exact) mass is 143 g/mol. The highest BCUT2D eigenvalue weighted by atomic mass is 28.3. The second-order valence-corrected chi connectivity index (χ2v) is 8.91. The van der Waals surface area contributed by atoms with E-state index >= 15 is 0 Å². The van der Waals surface area contributed by atoms with E-state index in [2.05, 4.69) is 0 Å². The van der Waals surface area contributed by atoms with Gasteiger partial charge in [0, 0.05) is 0 Å². The van der Waals surface area contributed by atoms with Crippen LogP contribution in [0.1, 0.15) is 6.92 Å². The van der Waals surface area contributed by atoms with Crippen LogP contribution in [0.15, 0.2) is 0 Å². The van der Waals surface area contributed by atoms with Gasteiger partial charge in [-0.15, -0.1) is 0 Å². The summed E-state index contributed by atoms with van der Waals surface area (Å²) >= 11 is 0. The summed E-state index contributed by atoms with van der Waals surface area (Å²) in [5.74, 6) is 0. The van der Waals surface area contributed by atoms with E-state index in [9.17, 15) is 5.11 Å². The number of hydrogen-bond acceptors (Lipinski definition) is 2. The number of nitrogens with zero attached hydrogens (tertiary/aromatic N) is 1. The smallest absolute Gasteiger partial charge is 0.134 e. The van der Waals surface area contributed by atoms with Crippen molar-refractivity contribution in [1.82, 2.24) is 0 Å². The van der Waals surface area contributed by atoms with E-state index < -0.39 is 13.3 Å². The topological polar surface area (TPSA) is 44.0 Å². The third-order valence-electron chi connectivity index (χ3n) is 1.68. The maximum Gasteiger partial charge on any atom is 0.134 e. The fourth-order valence-electron chi connectivity index (χ4n) is 0.168. The van der Waals surface area contributed by atoms with Gasteiger partial charge < -0.3 is 5.11 Å². The molecule has 0 bridgehead atoms. The zero-order valence-corrected chi connectivity index (χ0v) is 7.39. The number of hydrogen-bond donors (Lipinski definition) is 1. The van der Waals surface area contributed by atoms with Crippen molar-refractivity contribution >= 4 is 8.07 Å². The Kier molecular flexibility index (Phi) is 2.05. The normalized spacial score (nSPS) is 18.2. The lowest BCUT2D eigenvalue weighted by molar-refractivity contribution is 0.194. The van der Waals surface area contributed by atoms with Crippen LogP contribution in [0.2, 0.25) is 19.6 Å². The fourth-order valence-corrected chi connectivity index (χ4v) is 0.503. The molecule has 2 nitrogen and oxygen atoms in total. The summed E-state index contributed by atoms with van der Waals surface area (Å²) in [7, 11) is -1.69. The van der Waals surface area contributed by atoms with Gasteiger partial charge in [0.1, 0.15) is 5.22 Å². The van der Waals surface area contributed by atoms with Gasteiger partial charge in [-0.2, -0.15) is 5.26 Å². The van der Waals surface area contributed by atoms with Gasteiger partial charge in [-0.25, -0.2) is 0 Å². The van der Waals surface area contributed by atoms with Crippen LogP contribution >= 0.6 is 0 Å². The van der Waals surface area contributed by atoms with Crippen molar-refractivity contribution in [3.63, 3.8) is 0 Å². The zero-order chi connectivity index (χ0) is 7.71. The van der Waals surface area contributed by atoms with Crippen molar-refractivity contribution in [2.24, 2.45) is 0 Å². The molecule has 0 radical (unpaired) electrons. The van der Waals surface area contributed by atoms with Gasteiger partial charge in [-0.05, 0) is 6.92 Å². The zero-order valence-electron chi connectivity index (χ0n) is 6.39. The summed E-state index contributed by atoms with van der Waals surface area (Å²) in [6, 6.07) is 1.90. The molecule has 0 spiro atoms. The molecule has 0 aromatic rings. The first-order chi connectivity index (χ1) is 3.81. The molecular formula is C6H13NOSi. The molecule has 0 fully saturated rings. The van der Waals surface area contributed by atoms with Crippen LogP contribution in [-0.2, 0) is 0 Å². The van der Waals surface area contributed by atoms with Crippen LogP contribution in [0.3, 0.4) is 0 Å². The molecule has 1 unspecified atom stereocenters. The van der Waals surface area contributed by atoms with Crippen molar-refractivity contribution < 1.29 is 5.11 Å². The van der Waals surface area contributed by atoms with Crippen LogP contribution < -0.4 is 0 Å². The van der Waals surface area contributed by atoms with Crippen molar-refractivity contribution in [1.29, 1.82) is 5.26 Å². The number of aliphatic hydroxyl groups is 1. The van der Waals surface area contributed by atoms with Gasteiger partial charge in [-0.1, -0.05) is 19.6 Å². The lowest BCUT2D eigenvalue weighted by atomic mass is 10.4. The SMILES string of the molecule is CC(O)(C#N)[Si](C)(C)C. The first-order valence-electron chi connectivity index (χ1n) is 2.95. The molecule has 0 heterocycles. The molecular weight excluding hydrogens is 130 g/mol. The van der Waals surface area contributed by atoms with Gasteiger partial charge in [-0.3, -0.25) is 0 Å². The quantitative estimate of drug-likeness (QED) is 0.442. The van der Waals surface area contributed by atoms with E-state index in [0.29, 0.717) is 0 Å². The van der Waals surface area contributed by atoms with Crippen LogP contribution in [0.5, 0.6) is 0 Å². The third-order valence-corrected chi connectivity index (χ3v) is 4.71. The predicted molar refractivity (Wildman–Crippen MR) is 39.6 cm³/mol. The van der Waals surface area contributed by atoms with Crippen LogP contribution in [-0.4, -0.2) is 18.4 Å². The van der Waals surface area contributed by atoms with Crippen LogP contribution in [0, 0.1) is 11.3 Å². The van der Waals surface area contributed by atoms with Gasteiger partial charge in [0.05, 0.1) is 14.1 Å². The molecule has 9 heavy (non-hydrogen) atoms. The van der Waals surface area contributed by atoms with Crippen molar-refractivity contribution in [2.75, 3.05) is 0 Å². The second kappa shape index (κ2) is 2.12. The molecule has 0 amide bonds. The average Bonchev–Trinajstić information content (AvgIpc) is 1.64. The molecule has 0 aliphatic carbocycles. The second-order valence-electron chi connectivity index (χ2n) is 3.43. The summed E-state index contributed by atoms with van der Waals surface area (Å²) < 4.78 is 0. The van der Waals surface area contributed by atoms with E-state index in [1.807, 2.05) is 25.7 Å². The Morgan fingerprint density at radius 1 is 1.44 bits per heavy atom. The van der Waals surface area contributed by atoms with E-state index in [1.54, 1.807) is 6.92 Å². The largest absolute Gasteiger partial charge is 0.379 e. The summed E-state index contributed by atoms with van der Waals surface area (Å²) in [6.45, 7) is 7.49. The molecule has 52 valence electrons. The summed E-state index contributed by atoms with van der Waals surface area (Å²) in [6.07, 6.45) is 0. The highest BCUT2D eigenvalue weighted by Gasteiger charge is 2.36. The van der Waals surface area contributed by atoms with E-state index in [1.165, 1.54) is 0 Å². The minimum atomic E-state index is -1.69. The molecule has 0 aromatic carbocycles. The number of rotatable bonds is 1. The molecule has 0 aromatic heterocycles. The Labute approximate surface area is 57.1 Å². The molecule has 1 atom stereocenters. The minimum Gasteiger partial charge on any atom is -0.379 e.